The van der Waals surface area contributed by atoms with Gasteiger partial charge in [0.25, 0.3) is 0 Å². The molecule has 0 spiro atoms. The zero-order valence-corrected chi connectivity index (χ0v) is 18.4. The van der Waals surface area contributed by atoms with Crippen molar-refractivity contribution in [3.05, 3.63) is 34.3 Å². The maximum absolute atomic E-state index is 11.9. The van der Waals surface area contributed by atoms with Crippen molar-refractivity contribution in [2.24, 2.45) is 10.4 Å². The van der Waals surface area contributed by atoms with Gasteiger partial charge in [0.1, 0.15) is 0 Å². The molecule has 150 valence electrons. The Hall–Kier alpha value is -1.60. The smallest absolute Gasteiger partial charge is 0.227 e. The molecule has 1 heterocycles. The number of guanidine groups is 1. The number of halogens is 1. The molecule has 1 fully saturated rings. The van der Waals surface area contributed by atoms with Gasteiger partial charge in [-0.05, 0) is 44.4 Å². The Morgan fingerprint density at radius 2 is 1.89 bits per heavy atom. The zero-order chi connectivity index (χ0) is 19.9. The summed E-state index contributed by atoms with van der Waals surface area (Å²) in [5, 5.41) is 9.50. The van der Waals surface area contributed by atoms with Gasteiger partial charge in [-0.3, -0.25) is 14.7 Å². The minimum absolute atomic E-state index is 0.0201. The van der Waals surface area contributed by atoms with E-state index in [0.717, 1.165) is 42.9 Å². The molecule has 2 rings (SSSR count). The van der Waals surface area contributed by atoms with Crippen molar-refractivity contribution >= 4 is 27.8 Å². The molecule has 1 aliphatic rings. The number of nitrogens with zero attached hydrogens (tertiary/aromatic N) is 2. The van der Waals surface area contributed by atoms with Crippen LogP contribution >= 0.6 is 15.9 Å². The number of piperidine rings is 1. The molecule has 0 radical (unpaired) electrons. The predicted octanol–water partition coefficient (Wildman–Crippen LogP) is 2.35. The second kappa shape index (κ2) is 10.1. The van der Waals surface area contributed by atoms with Crippen LogP contribution in [0.25, 0.3) is 0 Å². The zero-order valence-electron chi connectivity index (χ0n) is 16.8. The molecule has 0 saturated carbocycles. The molecule has 1 aliphatic heterocycles. The first-order valence-corrected chi connectivity index (χ1v) is 10.3. The van der Waals surface area contributed by atoms with E-state index in [1.165, 1.54) is 5.56 Å². The standard InChI is InChI=1S/C20H32BrN5O/c1-20(2,18(27)22-3)14-24-19(23-4)25-17-9-11-26(12-10-17)13-15-5-7-16(21)8-6-15/h5-8,17H,9-14H2,1-4H3,(H,22,27)(H2,23,24,25). The minimum Gasteiger partial charge on any atom is -0.359 e. The Bertz CT molecular complexity index is 636. The average Bonchev–Trinajstić information content (AvgIpc) is 2.67. The molecule has 1 amide bonds. The lowest BCUT2D eigenvalue weighted by molar-refractivity contribution is -0.128. The Balaban J connectivity index is 1.76. The fourth-order valence-corrected chi connectivity index (χ4v) is 3.46. The highest BCUT2D eigenvalue weighted by atomic mass is 79.9. The van der Waals surface area contributed by atoms with Gasteiger partial charge in [-0.2, -0.15) is 0 Å². The van der Waals surface area contributed by atoms with E-state index in [-0.39, 0.29) is 5.91 Å². The van der Waals surface area contributed by atoms with E-state index < -0.39 is 5.41 Å². The molecule has 0 unspecified atom stereocenters. The van der Waals surface area contributed by atoms with Gasteiger partial charge >= 0.3 is 0 Å². The van der Waals surface area contributed by atoms with Gasteiger partial charge in [-0.1, -0.05) is 28.1 Å². The van der Waals surface area contributed by atoms with E-state index >= 15 is 0 Å². The van der Waals surface area contributed by atoms with Crippen LogP contribution in [0.1, 0.15) is 32.3 Å². The molecule has 1 saturated heterocycles. The summed E-state index contributed by atoms with van der Waals surface area (Å²) in [7, 11) is 3.43. The van der Waals surface area contributed by atoms with Gasteiger partial charge in [0.2, 0.25) is 5.91 Å². The van der Waals surface area contributed by atoms with Crippen LogP contribution in [-0.2, 0) is 11.3 Å². The van der Waals surface area contributed by atoms with Crippen molar-refractivity contribution in [3.8, 4) is 0 Å². The van der Waals surface area contributed by atoms with Crippen LogP contribution in [-0.4, -0.2) is 56.5 Å². The van der Waals surface area contributed by atoms with E-state index in [1.807, 2.05) is 13.8 Å². The fourth-order valence-electron chi connectivity index (χ4n) is 3.19. The molecular weight excluding hydrogens is 406 g/mol. The van der Waals surface area contributed by atoms with Gasteiger partial charge in [0.15, 0.2) is 5.96 Å². The van der Waals surface area contributed by atoms with Crippen molar-refractivity contribution in [1.29, 1.82) is 0 Å². The first kappa shape index (κ1) is 21.7. The van der Waals surface area contributed by atoms with Crippen LogP contribution in [0.15, 0.2) is 33.7 Å². The lowest BCUT2D eigenvalue weighted by Crippen LogP contribution is -2.51. The largest absolute Gasteiger partial charge is 0.359 e. The maximum Gasteiger partial charge on any atom is 0.227 e. The third kappa shape index (κ3) is 6.81. The number of hydrogen-bond donors (Lipinski definition) is 3. The summed E-state index contributed by atoms with van der Waals surface area (Å²) >= 11 is 3.48. The summed E-state index contributed by atoms with van der Waals surface area (Å²) in [6.45, 7) is 7.50. The monoisotopic (exact) mass is 437 g/mol. The molecule has 7 heteroatoms. The van der Waals surface area contributed by atoms with E-state index in [0.29, 0.717) is 12.6 Å². The topological polar surface area (TPSA) is 68.8 Å². The molecule has 27 heavy (non-hydrogen) atoms. The number of hydrogen-bond acceptors (Lipinski definition) is 3. The van der Waals surface area contributed by atoms with Gasteiger partial charge in [-0.25, -0.2) is 0 Å². The third-order valence-electron chi connectivity index (χ3n) is 5.01. The molecule has 0 aliphatic carbocycles. The van der Waals surface area contributed by atoms with Gasteiger partial charge < -0.3 is 16.0 Å². The Kier molecular flexibility index (Phi) is 8.10. The Labute approximate surface area is 171 Å². The SMILES string of the molecule is CN=C(NCC(C)(C)C(=O)NC)NC1CCN(Cc2ccc(Br)cc2)CC1. The number of benzene rings is 1. The number of carbonyl (C=O) groups excluding carboxylic acids is 1. The van der Waals surface area contributed by atoms with Crippen molar-refractivity contribution in [3.63, 3.8) is 0 Å². The van der Waals surface area contributed by atoms with Crippen molar-refractivity contribution in [2.75, 3.05) is 33.7 Å². The molecular formula is C20H32BrN5O. The second-order valence-corrected chi connectivity index (χ2v) is 8.63. The lowest BCUT2D eigenvalue weighted by Gasteiger charge is -2.33. The Morgan fingerprint density at radius 1 is 1.26 bits per heavy atom. The van der Waals surface area contributed by atoms with E-state index in [2.05, 4.69) is 66.0 Å². The average molecular weight is 438 g/mol. The van der Waals surface area contributed by atoms with E-state index in [4.69, 9.17) is 0 Å². The summed E-state index contributed by atoms with van der Waals surface area (Å²) in [4.78, 5) is 18.7. The molecule has 1 aromatic carbocycles. The van der Waals surface area contributed by atoms with Crippen LogP contribution in [0.5, 0.6) is 0 Å². The van der Waals surface area contributed by atoms with E-state index in [1.54, 1.807) is 14.1 Å². The minimum atomic E-state index is -0.486. The number of nitrogens with one attached hydrogen (secondary N) is 3. The number of rotatable bonds is 6. The number of amides is 1. The number of carbonyl (C=O) groups is 1. The summed E-state index contributed by atoms with van der Waals surface area (Å²) in [5.74, 6) is 0.782. The van der Waals surface area contributed by atoms with Crippen molar-refractivity contribution in [1.82, 2.24) is 20.9 Å². The third-order valence-corrected chi connectivity index (χ3v) is 5.54. The fraction of sp³-hybridized carbons (Fsp3) is 0.600. The van der Waals surface area contributed by atoms with Gasteiger partial charge in [-0.15, -0.1) is 0 Å². The molecule has 6 nitrogen and oxygen atoms in total. The molecule has 3 N–H and O–H groups in total. The first-order valence-electron chi connectivity index (χ1n) is 9.50. The second-order valence-electron chi connectivity index (χ2n) is 7.71. The molecule has 0 atom stereocenters. The van der Waals surface area contributed by atoms with Crippen LogP contribution in [0.4, 0.5) is 0 Å². The highest BCUT2D eigenvalue weighted by molar-refractivity contribution is 9.10. The van der Waals surface area contributed by atoms with Gasteiger partial charge in [0.05, 0.1) is 5.41 Å². The molecule has 1 aromatic rings. The van der Waals surface area contributed by atoms with Gasteiger partial charge in [0, 0.05) is 50.8 Å². The van der Waals surface area contributed by atoms with Crippen molar-refractivity contribution in [2.45, 2.75) is 39.3 Å². The normalized spacial score (nSPS) is 16.9. The molecule has 0 aromatic heterocycles. The van der Waals surface area contributed by atoms with Crippen LogP contribution in [0, 0.1) is 5.41 Å². The highest BCUT2D eigenvalue weighted by Crippen LogP contribution is 2.16. The van der Waals surface area contributed by atoms with Crippen LogP contribution in [0.2, 0.25) is 0 Å². The number of likely N-dealkylation sites (tertiary alicyclic amines) is 1. The summed E-state index contributed by atoms with van der Waals surface area (Å²) in [6.07, 6.45) is 2.16. The van der Waals surface area contributed by atoms with E-state index in [9.17, 15) is 4.79 Å². The molecule has 0 bridgehead atoms. The predicted molar refractivity (Wildman–Crippen MR) is 115 cm³/mol. The van der Waals surface area contributed by atoms with Crippen LogP contribution in [0.3, 0.4) is 0 Å². The quantitative estimate of drug-likeness (QED) is 0.471. The summed E-state index contributed by atoms with van der Waals surface area (Å²) in [6, 6.07) is 8.95. The summed E-state index contributed by atoms with van der Waals surface area (Å²) < 4.78 is 1.12. The highest BCUT2D eigenvalue weighted by Gasteiger charge is 2.27. The Morgan fingerprint density at radius 3 is 2.44 bits per heavy atom. The lowest BCUT2D eigenvalue weighted by atomic mass is 9.92. The number of aliphatic imine (C=N–C) groups is 1. The maximum atomic E-state index is 11.9. The first-order chi connectivity index (χ1) is 12.8. The summed E-state index contributed by atoms with van der Waals surface area (Å²) in [5.41, 5.74) is 0.860. The van der Waals surface area contributed by atoms with Crippen LogP contribution < -0.4 is 16.0 Å². The van der Waals surface area contributed by atoms with Crippen molar-refractivity contribution < 1.29 is 4.79 Å².